The molecule has 1 heterocycles. The molecule has 0 aromatic heterocycles. The molecule has 0 bridgehead atoms. The van der Waals surface area contributed by atoms with Gasteiger partial charge in [-0.25, -0.2) is 0 Å². The SMILES string of the molecule is COc1ccc(NC(C)=O)c(NC(=O)C2CC23CCNCC3)c1.Cl. The van der Waals surface area contributed by atoms with Crippen LogP contribution >= 0.6 is 12.4 Å². The molecule has 3 N–H and O–H groups in total. The lowest BCUT2D eigenvalue weighted by Gasteiger charge is -2.23. The Morgan fingerprint density at radius 1 is 1.21 bits per heavy atom. The molecule has 1 saturated carbocycles. The maximum atomic E-state index is 12.6. The van der Waals surface area contributed by atoms with E-state index in [9.17, 15) is 9.59 Å². The van der Waals surface area contributed by atoms with Crippen LogP contribution in [0.4, 0.5) is 11.4 Å². The Morgan fingerprint density at radius 3 is 2.54 bits per heavy atom. The summed E-state index contributed by atoms with van der Waals surface area (Å²) in [6.45, 7) is 3.42. The molecule has 3 rings (SSSR count). The summed E-state index contributed by atoms with van der Waals surface area (Å²) in [6.07, 6.45) is 3.07. The van der Waals surface area contributed by atoms with Crippen molar-refractivity contribution in [1.82, 2.24) is 5.32 Å². The number of hydrogen-bond donors (Lipinski definition) is 3. The van der Waals surface area contributed by atoms with E-state index < -0.39 is 0 Å². The van der Waals surface area contributed by atoms with Crippen LogP contribution in [0.1, 0.15) is 26.2 Å². The van der Waals surface area contributed by atoms with E-state index in [1.165, 1.54) is 6.92 Å². The van der Waals surface area contributed by atoms with E-state index in [0.29, 0.717) is 17.1 Å². The Bertz CT molecular complexity index is 630. The summed E-state index contributed by atoms with van der Waals surface area (Å²) in [5.41, 5.74) is 1.36. The number of methoxy groups -OCH3 is 1. The molecule has 6 nitrogen and oxygen atoms in total. The molecule has 132 valence electrons. The normalized spacial score (nSPS) is 20.7. The first kappa shape index (κ1) is 18.5. The number of carbonyl (C=O) groups is 2. The molecule has 2 fully saturated rings. The number of ether oxygens (including phenoxy) is 1. The first-order valence-electron chi connectivity index (χ1n) is 8.01. The number of hydrogen-bond acceptors (Lipinski definition) is 4. The number of halogens is 1. The number of carbonyl (C=O) groups excluding carboxylic acids is 2. The number of benzene rings is 1. The number of rotatable bonds is 4. The molecule has 1 spiro atoms. The van der Waals surface area contributed by atoms with Crippen LogP contribution in [0, 0.1) is 11.3 Å². The van der Waals surface area contributed by atoms with Gasteiger partial charge in [-0.2, -0.15) is 0 Å². The van der Waals surface area contributed by atoms with Crippen LogP contribution in [0.15, 0.2) is 18.2 Å². The monoisotopic (exact) mass is 353 g/mol. The van der Waals surface area contributed by atoms with E-state index in [1.54, 1.807) is 25.3 Å². The van der Waals surface area contributed by atoms with Crippen LogP contribution in [0.25, 0.3) is 0 Å². The van der Waals surface area contributed by atoms with Crippen LogP contribution in [0.3, 0.4) is 0 Å². The Hall–Kier alpha value is -1.79. The highest BCUT2D eigenvalue weighted by Gasteiger charge is 2.57. The lowest BCUT2D eigenvalue weighted by molar-refractivity contribution is -0.118. The topological polar surface area (TPSA) is 79.5 Å². The quantitative estimate of drug-likeness (QED) is 0.776. The average Bonchev–Trinajstić information content (AvgIpc) is 3.22. The summed E-state index contributed by atoms with van der Waals surface area (Å²) in [5, 5.41) is 9.05. The molecule has 1 aromatic rings. The molecule has 1 aromatic carbocycles. The van der Waals surface area contributed by atoms with Crippen LogP contribution in [-0.4, -0.2) is 32.0 Å². The highest BCUT2D eigenvalue weighted by atomic mass is 35.5. The summed E-state index contributed by atoms with van der Waals surface area (Å²) in [5.74, 6) is 0.571. The molecular formula is C17H24ClN3O3. The Morgan fingerprint density at radius 2 is 1.92 bits per heavy atom. The van der Waals surface area contributed by atoms with E-state index >= 15 is 0 Å². The fourth-order valence-electron chi connectivity index (χ4n) is 3.47. The van der Waals surface area contributed by atoms with E-state index in [2.05, 4.69) is 16.0 Å². The molecule has 1 saturated heterocycles. The van der Waals surface area contributed by atoms with Crippen molar-refractivity contribution in [2.24, 2.45) is 11.3 Å². The van der Waals surface area contributed by atoms with Crippen molar-refractivity contribution in [3.63, 3.8) is 0 Å². The Labute approximate surface area is 148 Å². The van der Waals surface area contributed by atoms with Gasteiger partial charge in [0.1, 0.15) is 5.75 Å². The lowest BCUT2D eigenvalue weighted by atomic mass is 9.92. The van der Waals surface area contributed by atoms with Gasteiger partial charge in [0, 0.05) is 18.9 Å². The molecule has 1 unspecified atom stereocenters. The second-order valence-corrected chi connectivity index (χ2v) is 6.45. The molecule has 1 aliphatic carbocycles. The predicted molar refractivity (Wildman–Crippen MR) is 95.8 cm³/mol. The number of anilines is 2. The summed E-state index contributed by atoms with van der Waals surface area (Å²) in [6, 6.07) is 5.23. The van der Waals surface area contributed by atoms with Crippen molar-refractivity contribution in [3.05, 3.63) is 18.2 Å². The van der Waals surface area contributed by atoms with E-state index in [4.69, 9.17) is 4.74 Å². The number of piperidine rings is 1. The molecule has 24 heavy (non-hydrogen) atoms. The zero-order valence-corrected chi connectivity index (χ0v) is 14.8. The van der Waals surface area contributed by atoms with Gasteiger partial charge in [0.25, 0.3) is 0 Å². The molecule has 0 radical (unpaired) electrons. The second kappa shape index (κ2) is 7.40. The largest absolute Gasteiger partial charge is 0.497 e. The van der Waals surface area contributed by atoms with Gasteiger partial charge in [-0.05, 0) is 49.9 Å². The molecule has 1 atom stereocenters. The summed E-state index contributed by atoms with van der Waals surface area (Å²) < 4.78 is 5.21. The zero-order chi connectivity index (χ0) is 16.4. The van der Waals surface area contributed by atoms with E-state index in [1.807, 2.05) is 0 Å². The standard InChI is InChI=1S/C17H23N3O3.ClH/c1-11(21)19-14-4-3-12(23-2)9-15(14)20-16(22)13-10-17(13)5-7-18-8-6-17;/h3-4,9,13,18H,5-8,10H2,1-2H3,(H,19,21)(H,20,22);1H. The molecule has 1 aliphatic heterocycles. The fraction of sp³-hybridized carbons (Fsp3) is 0.529. The second-order valence-electron chi connectivity index (χ2n) is 6.45. The third-order valence-corrected chi connectivity index (χ3v) is 4.90. The van der Waals surface area contributed by atoms with Gasteiger partial charge in [-0.3, -0.25) is 9.59 Å². The maximum Gasteiger partial charge on any atom is 0.228 e. The molecule has 2 aliphatic rings. The molecule has 7 heteroatoms. The molecular weight excluding hydrogens is 330 g/mol. The van der Waals surface area contributed by atoms with Crippen molar-refractivity contribution in [2.75, 3.05) is 30.8 Å². The van der Waals surface area contributed by atoms with E-state index in [-0.39, 0.29) is 35.6 Å². The zero-order valence-electron chi connectivity index (χ0n) is 14.0. The molecule has 2 amide bonds. The van der Waals surface area contributed by atoms with Crippen LogP contribution in [0.5, 0.6) is 5.75 Å². The minimum Gasteiger partial charge on any atom is -0.497 e. The summed E-state index contributed by atoms with van der Waals surface area (Å²) in [4.78, 5) is 23.9. The van der Waals surface area contributed by atoms with Crippen LogP contribution in [0.2, 0.25) is 0 Å². The van der Waals surface area contributed by atoms with Crippen LogP contribution in [-0.2, 0) is 9.59 Å². The van der Waals surface area contributed by atoms with Gasteiger partial charge in [0.05, 0.1) is 18.5 Å². The third kappa shape index (κ3) is 3.82. The number of nitrogens with one attached hydrogen (secondary N) is 3. The van der Waals surface area contributed by atoms with Crippen molar-refractivity contribution < 1.29 is 14.3 Å². The van der Waals surface area contributed by atoms with Gasteiger partial charge in [-0.15, -0.1) is 12.4 Å². The smallest absolute Gasteiger partial charge is 0.228 e. The minimum absolute atomic E-state index is 0. The third-order valence-electron chi connectivity index (χ3n) is 4.90. The minimum atomic E-state index is -0.174. The van der Waals surface area contributed by atoms with Gasteiger partial charge in [-0.1, -0.05) is 0 Å². The van der Waals surface area contributed by atoms with Crippen LogP contribution < -0.4 is 20.7 Å². The Balaban J connectivity index is 0.00000208. The Kier molecular flexibility index (Phi) is 5.72. The van der Waals surface area contributed by atoms with Gasteiger partial charge >= 0.3 is 0 Å². The van der Waals surface area contributed by atoms with Crippen molar-refractivity contribution in [2.45, 2.75) is 26.2 Å². The predicted octanol–water partition coefficient (Wildman–Crippen LogP) is 2.40. The van der Waals surface area contributed by atoms with Gasteiger partial charge in [0.2, 0.25) is 11.8 Å². The van der Waals surface area contributed by atoms with Crippen molar-refractivity contribution in [3.8, 4) is 5.75 Å². The average molecular weight is 354 g/mol. The lowest BCUT2D eigenvalue weighted by Crippen LogP contribution is -2.31. The van der Waals surface area contributed by atoms with Gasteiger partial charge < -0.3 is 20.7 Å². The summed E-state index contributed by atoms with van der Waals surface area (Å²) >= 11 is 0. The highest BCUT2D eigenvalue weighted by Crippen LogP contribution is 2.58. The highest BCUT2D eigenvalue weighted by molar-refractivity contribution is 6.01. The maximum absolute atomic E-state index is 12.6. The van der Waals surface area contributed by atoms with Crippen molar-refractivity contribution >= 4 is 35.6 Å². The van der Waals surface area contributed by atoms with E-state index in [0.717, 1.165) is 32.4 Å². The fourth-order valence-corrected chi connectivity index (χ4v) is 3.47. The number of amides is 2. The van der Waals surface area contributed by atoms with Crippen molar-refractivity contribution in [1.29, 1.82) is 0 Å². The summed E-state index contributed by atoms with van der Waals surface area (Å²) in [7, 11) is 1.57. The van der Waals surface area contributed by atoms with Gasteiger partial charge in [0.15, 0.2) is 0 Å². The first-order valence-corrected chi connectivity index (χ1v) is 8.01. The first-order chi connectivity index (χ1) is 11.0.